The number of benzene rings is 3. The van der Waals surface area contributed by atoms with Gasteiger partial charge in [-0.05, 0) is 74.4 Å². The molecule has 4 aromatic rings. The average molecular weight is 569 g/mol. The zero-order valence-electron chi connectivity index (χ0n) is 23.0. The summed E-state index contributed by atoms with van der Waals surface area (Å²) in [5.74, 6) is 0.308. The Morgan fingerprint density at radius 1 is 0.951 bits per heavy atom. The predicted molar refractivity (Wildman–Crippen MR) is 156 cm³/mol. The normalized spacial score (nSPS) is 14.9. The van der Waals surface area contributed by atoms with E-state index in [1.54, 1.807) is 51.1 Å². The van der Waals surface area contributed by atoms with Crippen molar-refractivity contribution in [2.45, 2.75) is 32.9 Å². The highest BCUT2D eigenvalue weighted by Crippen LogP contribution is 2.31. The fourth-order valence-electron chi connectivity index (χ4n) is 4.54. The third kappa shape index (κ3) is 5.90. The van der Waals surface area contributed by atoms with Crippen molar-refractivity contribution in [2.75, 3.05) is 7.11 Å². The van der Waals surface area contributed by atoms with E-state index < -0.39 is 18.0 Å². The Morgan fingerprint density at radius 3 is 2.34 bits per heavy atom. The Hall–Kier alpha value is -4.76. The summed E-state index contributed by atoms with van der Waals surface area (Å²) in [6.45, 7) is 5.26. The number of methoxy groups -OCH3 is 1. The summed E-state index contributed by atoms with van der Waals surface area (Å²) in [6.07, 6.45) is 1.42. The Kier molecular flexibility index (Phi) is 7.98. The van der Waals surface area contributed by atoms with Gasteiger partial charge in [-0.25, -0.2) is 14.6 Å². The van der Waals surface area contributed by atoms with E-state index in [2.05, 4.69) is 4.99 Å². The zero-order valence-corrected chi connectivity index (χ0v) is 23.8. The first-order chi connectivity index (χ1) is 19.7. The van der Waals surface area contributed by atoms with Gasteiger partial charge in [0.05, 0.1) is 40.6 Å². The maximum absolute atomic E-state index is 13.9. The number of nitrogens with zero attached hydrogens (tertiary/aromatic N) is 2. The Morgan fingerprint density at radius 2 is 1.66 bits per heavy atom. The second kappa shape index (κ2) is 11.8. The van der Waals surface area contributed by atoms with Crippen LogP contribution in [-0.2, 0) is 14.3 Å². The van der Waals surface area contributed by atoms with Crippen molar-refractivity contribution in [1.82, 2.24) is 4.57 Å². The smallest absolute Gasteiger partial charge is 0.338 e. The molecule has 0 amide bonds. The van der Waals surface area contributed by atoms with Gasteiger partial charge >= 0.3 is 11.9 Å². The largest absolute Gasteiger partial charge is 0.465 e. The van der Waals surface area contributed by atoms with Crippen molar-refractivity contribution in [3.8, 4) is 11.5 Å². The molecule has 0 fully saturated rings. The number of carbonyl (C=O) groups is 2. The van der Waals surface area contributed by atoms with Crippen LogP contribution in [0.1, 0.15) is 48.3 Å². The molecule has 5 rings (SSSR count). The Labute approximate surface area is 240 Å². The number of hydrogen-bond donors (Lipinski definition) is 0. The molecular weight excluding hydrogens is 540 g/mol. The van der Waals surface area contributed by atoms with E-state index in [0.29, 0.717) is 37.7 Å². The molecule has 0 saturated heterocycles. The molecule has 2 heterocycles. The van der Waals surface area contributed by atoms with E-state index >= 15 is 0 Å². The van der Waals surface area contributed by atoms with E-state index in [1.165, 1.54) is 23.0 Å². The van der Waals surface area contributed by atoms with Crippen molar-refractivity contribution in [3.05, 3.63) is 127 Å². The van der Waals surface area contributed by atoms with E-state index in [0.717, 1.165) is 5.56 Å². The number of esters is 2. The predicted octanol–water partition coefficient (Wildman–Crippen LogP) is 4.77. The highest BCUT2D eigenvalue weighted by molar-refractivity contribution is 7.07. The number of carbonyl (C=O) groups excluding carboxylic acids is 2. The third-order valence-electron chi connectivity index (χ3n) is 6.37. The first-order valence-electron chi connectivity index (χ1n) is 13.0. The minimum absolute atomic E-state index is 0.265. The van der Waals surface area contributed by atoms with Gasteiger partial charge in [-0.3, -0.25) is 9.36 Å². The van der Waals surface area contributed by atoms with Crippen molar-refractivity contribution in [3.63, 3.8) is 0 Å². The van der Waals surface area contributed by atoms with Crippen LogP contribution >= 0.6 is 11.3 Å². The first-order valence-corrected chi connectivity index (χ1v) is 13.8. The van der Waals surface area contributed by atoms with Gasteiger partial charge in [-0.1, -0.05) is 53.8 Å². The van der Waals surface area contributed by atoms with Crippen LogP contribution in [0.25, 0.3) is 6.08 Å². The maximum Gasteiger partial charge on any atom is 0.338 e. The molecule has 0 N–H and O–H groups in total. The van der Waals surface area contributed by atoms with Gasteiger partial charge in [0.15, 0.2) is 4.80 Å². The van der Waals surface area contributed by atoms with E-state index in [-0.39, 0.29) is 17.2 Å². The van der Waals surface area contributed by atoms with Gasteiger partial charge in [0.1, 0.15) is 11.5 Å². The van der Waals surface area contributed by atoms with Crippen molar-refractivity contribution in [1.29, 1.82) is 0 Å². The standard InChI is InChI=1S/C32H28N2O6S/c1-19(2)39-31(37)27-20(3)33-32-34(28(27)22-13-15-23(16-14-22)30(36)38-4)29(35)26(41-32)18-21-9-8-12-25(17-21)40-24-10-6-5-7-11-24/h5-19,28H,1-4H3. The monoisotopic (exact) mass is 568 g/mol. The number of allylic oxidation sites excluding steroid dienone is 1. The average Bonchev–Trinajstić information content (AvgIpc) is 3.26. The lowest BCUT2D eigenvalue weighted by molar-refractivity contribution is -0.143. The SMILES string of the molecule is COC(=O)c1ccc(C2C(C(=O)OC(C)C)=C(C)N=c3sc(=Cc4cccc(Oc5ccccc5)c4)c(=O)n32)cc1. The van der Waals surface area contributed by atoms with Crippen molar-refractivity contribution >= 4 is 29.4 Å². The zero-order chi connectivity index (χ0) is 29.1. The molecule has 1 aliphatic rings. The van der Waals surface area contributed by atoms with Crippen LogP contribution in [0.2, 0.25) is 0 Å². The van der Waals surface area contributed by atoms with Crippen molar-refractivity contribution in [2.24, 2.45) is 4.99 Å². The molecule has 0 saturated carbocycles. The highest BCUT2D eigenvalue weighted by atomic mass is 32.1. The molecule has 1 aromatic heterocycles. The highest BCUT2D eigenvalue weighted by Gasteiger charge is 2.34. The van der Waals surface area contributed by atoms with Crippen molar-refractivity contribution < 1.29 is 23.8 Å². The number of hydrogen-bond acceptors (Lipinski definition) is 8. The van der Waals surface area contributed by atoms with Gasteiger partial charge in [0.2, 0.25) is 0 Å². The number of para-hydroxylation sites is 1. The Balaban J connectivity index is 1.61. The lowest BCUT2D eigenvalue weighted by atomic mass is 9.95. The summed E-state index contributed by atoms with van der Waals surface area (Å²) in [4.78, 5) is 44.3. The number of thiazole rings is 1. The van der Waals surface area contributed by atoms with E-state index in [4.69, 9.17) is 14.2 Å². The molecule has 0 aliphatic carbocycles. The second-order valence-corrected chi connectivity index (χ2v) is 10.6. The number of ether oxygens (including phenoxy) is 3. The molecule has 0 bridgehead atoms. The molecule has 41 heavy (non-hydrogen) atoms. The van der Waals surface area contributed by atoms with E-state index in [1.807, 2.05) is 54.6 Å². The van der Waals surface area contributed by atoms with Crippen LogP contribution in [0.3, 0.4) is 0 Å². The fourth-order valence-corrected chi connectivity index (χ4v) is 5.59. The van der Waals surface area contributed by atoms with Crippen LogP contribution in [0.15, 0.2) is 99.9 Å². The van der Waals surface area contributed by atoms with E-state index in [9.17, 15) is 14.4 Å². The van der Waals surface area contributed by atoms with Gasteiger partial charge in [-0.2, -0.15) is 0 Å². The molecule has 3 aromatic carbocycles. The van der Waals surface area contributed by atoms with Gasteiger partial charge in [0.25, 0.3) is 5.56 Å². The third-order valence-corrected chi connectivity index (χ3v) is 7.35. The summed E-state index contributed by atoms with van der Waals surface area (Å²) < 4.78 is 18.3. The second-order valence-electron chi connectivity index (χ2n) is 9.64. The summed E-state index contributed by atoms with van der Waals surface area (Å²) in [6, 6.07) is 22.7. The molecule has 8 nitrogen and oxygen atoms in total. The fraction of sp³-hybridized carbons (Fsp3) is 0.188. The number of aromatic nitrogens is 1. The minimum Gasteiger partial charge on any atom is -0.465 e. The molecule has 1 atom stereocenters. The van der Waals surface area contributed by atoms with Crippen LogP contribution in [0.5, 0.6) is 11.5 Å². The van der Waals surface area contributed by atoms with Gasteiger partial charge < -0.3 is 14.2 Å². The first kappa shape index (κ1) is 27.8. The topological polar surface area (TPSA) is 96.2 Å². The quantitative estimate of drug-likeness (QED) is 0.298. The number of fused-ring (bicyclic) bond motifs is 1. The van der Waals surface area contributed by atoms with Gasteiger partial charge in [-0.15, -0.1) is 0 Å². The summed E-state index contributed by atoms with van der Waals surface area (Å²) in [7, 11) is 1.31. The van der Waals surface area contributed by atoms with Crippen LogP contribution in [0.4, 0.5) is 0 Å². The molecule has 9 heteroatoms. The lowest BCUT2D eigenvalue weighted by Gasteiger charge is -2.25. The lowest BCUT2D eigenvalue weighted by Crippen LogP contribution is -2.40. The molecule has 208 valence electrons. The summed E-state index contributed by atoms with van der Waals surface area (Å²) in [5, 5.41) is 0. The summed E-state index contributed by atoms with van der Waals surface area (Å²) in [5.41, 5.74) is 2.19. The van der Waals surface area contributed by atoms with Crippen LogP contribution in [-0.4, -0.2) is 29.7 Å². The molecule has 0 radical (unpaired) electrons. The molecule has 1 aliphatic heterocycles. The summed E-state index contributed by atoms with van der Waals surface area (Å²) >= 11 is 1.24. The molecule has 1 unspecified atom stereocenters. The van der Waals surface area contributed by atoms with Crippen LogP contribution in [0, 0.1) is 0 Å². The minimum atomic E-state index is -0.793. The Bertz CT molecular complexity index is 1820. The maximum atomic E-state index is 13.9. The molecular formula is C32H28N2O6S. The van der Waals surface area contributed by atoms with Crippen LogP contribution < -0.4 is 19.6 Å². The van der Waals surface area contributed by atoms with Gasteiger partial charge in [0, 0.05) is 0 Å². The molecule has 0 spiro atoms. The number of rotatable bonds is 7.